The van der Waals surface area contributed by atoms with Gasteiger partial charge >= 0.3 is 0 Å². The van der Waals surface area contributed by atoms with Crippen LogP contribution in [0, 0.1) is 12.8 Å². The number of carbonyl (C=O) groups excluding carboxylic acids is 2. The molecule has 2 aromatic rings. The van der Waals surface area contributed by atoms with Gasteiger partial charge in [0.2, 0.25) is 15.9 Å². The molecule has 9 heteroatoms. The van der Waals surface area contributed by atoms with Crippen molar-refractivity contribution in [2.75, 3.05) is 26.2 Å². The smallest absolute Gasteiger partial charge is 0.251 e. The number of nitrogens with zero attached hydrogens (tertiary/aromatic N) is 1. The molecule has 0 aromatic heterocycles. The van der Waals surface area contributed by atoms with Gasteiger partial charge in [-0.05, 0) is 43.2 Å². The maximum atomic E-state index is 12.9. The van der Waals surface area contributed by atoms with Crippen LogP contribution < -0.4 is 15.4 Å². The molecule has 8 nitrogen and oxygen atoms in total. The van der Waals surface area contributed by atoms with Crippen LogP contribution in [0.4, 0.5) is 0 Å². The molecule has 0 aliphatic carbocycles. The number of amides is 2. The number of rotatable bonds is 12. The quantitative estimate of drug-likeness (QED) is 0.446. The summed E-state index contributed by atoms with van der Waals surface area (Å²) in [6.45, 7) is 10.4. The molecule has 1 atom stereocenters. The van der Waals surface area contributed by atoms with Crippen LogP contribution in [0.3, 0.4) is 0 Å². The highest BCUT2D eigenvalue weighted by molar-refractivity contribution is 7.89. The molecule has 186 valence electrons. The van der Waals surface area contributed by atoms with Crippen LogP contribution in [0.1, 0.15) is 43.6 Å². The van der Waals surface area contributed by atoms with E-state index in [1.165, 1.54) is 28.6 Å². The summed E-state index contributed by atoms with van der Waals surface area (Å²) in [6.07, 6.45) is 0. The zero-order valence-corrected chi connectivity index (χ0v) is 21.3. The summed E-state index contributed by atoms with van der Waals surface area (Å²) in [5.41, 5.74) is 1.31. The Morgan fingerprint density at radius 3 is 2.26 bits per heavy atom. The third kappa shape index (κ3) is 7.30. The van der Waals surface area contributed by atoms with E-state index in [4.69, 9.17) is 4.74 Å². The molecule has 2 rings (SSSR count). The maximum absolute atomic E-state index is 12.9. The van der Waals surface area contributed by atoms with Crippen molar-refractivity contribution in [3.8, 4) is 5.75 Å². The van der Waals surface area contributed by atoms with Gasteiger partial charge in [0.15, 0.2) is 0 Å². The fraction of sp³-hybridized carbons (Fsp3) is 0.440. The molecule has 0 bridgehead atoms. The van der Waals surface area contributed by atoms with E-state index in [-0.39, 0.29) is 28.8 Å². The Kier molecular flexibility index (Phi) is 10.1. The predicted molar refractivity (Wildman–Crippen MR) is 132 cm³/mol. The van der Waals surface area contributed by atoms with Crippen molar-refractivity contribution in [2.45, 2.75) is 45.6 Å². The van der Waals surface area contributed by atoms with E-state index in [1.54, 1.807) is 13.8 Å². The first kappa shape index (κ1) is 27.3. The molecule has 0 heterocycles. The largest absolute Gasteiger partial charge is 0.492 e. The van der Waals surface area contributed by atoms with E-state index in [0.717, 1.165) is 5.56 Å². The Hall–Kier alpha value is -2.91. The highest BCUT2D eigenvalue weighted by Crippen LogP contribution is 2.17. The van der Waals surface area contributed by atoms with E-state index in [0.29, 0.717) is 25.4 Å². The van der Waals surface area contributed by atoms with Crippen molar-refractivity contribution in [1.29, 1.82) is 0 Å². The topological polar surface area (TPSA) is 105 Å². The zero-order valence-electron chi connectivity index (χ0n) is 20.5. The predicted octanol–water partition coefficient (Wildman–Crippen LogP) is 2.98. The lowest BCUT2D eigenvalue weighted by Crippen LogP contribution is -2.50. The molecular weight excluding hydrogens is 454 g/mol. The maximum Gasteiger partial charge on any atom is 0.251 e. The normalized spacial score (nSPS) is 12.4. The van der Waals surface area contributed by atoms with Crippen molar-refractivity contribution >= 4 is 21.8 Å². The van der Waals surface area contributed by atoms with Crippen molar-refractivity contribution in [2.24, 2.45) is 5.92 Å². The van der Waals surface area contributed by atoms with Crippen molar-refractivity contribution < 1.29 is 22.7 Å². The monoisotopic (exact) mass is 489 g/mol. The molecular formula is C25H35N3O5S. The Balaban J connectivity index is 2.01. The first-order chi connectivity index (χ1) is 16.1. The molecule has 2 amide bonds. The molecule has 0 unspecified atom stereocenters. The Labute approximate surface area is 202 Å². The molecule has 0 radical (unpaired) electrons. The van der Waals surface area contributed by atoms with Gasteiger partial charge in [-0.2, -0.15) is 4.31 Å². The van der Waals surface area contributed by atoms with Gasteiger partial charge in [0, 0.05) is 18.7 Å². The molecule has 2 N–H and O–H groups in total. The number of hydrogen-bond donors (Lipinski definition) is 2. The van der Waals surface area contributed by atoms with E-state index in [9.17, 15) is 18.0 Å². The number of ether oxygens (including phenoxy) is 1. The third-order valence-electron chi connectivity index (χ3n) is 5.37. The highest BCUT2D eigenvalue weighted by atomic mass is 32.2. The summed E-state index contributed by atoms with van der Waals surface area (Å²) in [5.74, 6) is -0.304. The summed E-state index contributed by atoms with van der Waals surface area (Å²) in [4.78, 5) is 25.6. The minimum Gasteiger partial charge on any atom is -0.492 e. The second-order valence-electron chi connectivity index (χ2n) is 8.26. The molecule has 34 heavy (non-hydrogen) atoms. The van der Waals surface area contributed by atoms with E-state index >= 15 is 0 Å². The van der Waals surface area contributed by atoms with Gasteiger partial charge in [-0.1, -0.05) is 51.5 Å². The van der Waals surface area contributed by atoms with E-state index in [2.05, 4.69) is 10.6 Å². The lowest BCUT2D eigenvalue weighted by atomic mass is 10.0. The second kappa shape index (κ2) is 12.5. The fourth-order valence-corrected chi connectivity index (χ4v) is 4.86. The first-order valence-electron chi connectivity index (χ1n) is 11.5. The summed E-state index contributed by atoms with van der Waals surface area (Å²) < 4.78 is 32.5. The van der Waals surface area contributed by atoms with Crippen molar-refractivity contribution in [3.63, 3.8) is 0 Å². The van der Waals surface area contributed by atoms with Crippen LogP contribution in [0.2, 0.25) is 0 Å². The lowest BCUT2D eigenvalue weighted by molar-refractivity contribution is -0.124. The average molecular weight is 490 g/mol. The number of nitrogens with one attached hydrogen (secondary N) is 2. The Morgan fingerprint density at radius 2 is 1.68 bits per heavy atom. The van der Waals surface area contributed by atoms with Gasteiger partial charge in [-0.15, -0.1) is 0 Å². The number of carbonyl (C=O) groups is 2. The van der Waals surface area contributed by atoms with Crippen LogP contribution in [0.25, 0.3) is 0 Å². The average Bonchev–Trinajstić information content (AvgIpc) is 2.81. The fourth-order valence-electron chi connectivity index (χ4n) is 3.36. The summed E-state index contributed by atoms with van der Waals surface area (Å²) in [7, 11) is -3.70. The molecule has 0 aliphatic heterocycles. The molecule has 2 aromatic carbocycles. The van der Waals surface area contributed by atoms with Gasteiger partial charge in [0.1, 0.15) is 18.4 Å². The molecule has 0 spiro atoms. The third-order valence-corrected chi connectivity index (χ3v) is 7.41. The Bertz CT molecular complexity index is 1060. The number of hydrogen-bond acceptors (Lipinski definition) is 5. The van der Waals surface area contributed by atoms with Crippen LogP contribution in [0.15, 0.2) is 53.4 Å². The van der Waals surface area contributed by atoms with Gasteiger partial charge in [-0.3, -0.25) is 9.59 Å². The minimum atomic E-state index is -3.70. The van der Waals surface area contributed by atoms with Gasteiger partial charge < -0.3 is 15.4 Å². The Morgan fingerprint density at radius 1 is 1.03 bits per heavy atom. The first-order valence-corrected chi connectivity index (χ1v) is 12.9. The SMILES string of the molecule is CCN(CC)S(=O)(=O)c1cccc(C(=O)N[C@H](C(=O)NCCOc2ccc(C)cc2)C(C)C)c1. The van der Waals surface area contributed by atoms with Gasteiger partial charge in [0.25, 0.3) is 5.91 Å². The number of sulfonamides is 1. The van der Waals surface area contributed by atoms with Crippen LogP contribution >= 0.6 is 0 Å². The van der Waals surface area contributed by atoms with Gasteiger partial charge in [-0.25, -0.2) is 8.42 Å². The van der Waals surface area contributed by atoms with E-state index < -0.39 is 22.0 Å². The molecule has 0 fully saturated rings. The lowest BCUT2D eigenvalue weighted by Gasteiger charge is -2.22. The molecule has 0 saturated carbocycles. The van der Waals surface area contributed by atoms with Crippen LogP contribution in [0.5, 0.6) is 5.75 Å². The van der Waals surface area contributed by atoms with E-state index in [1.807, 2.05) is 45.0 Å². The standard InChI is InChI=1S/C25H35N3O5S/c1-6-28(7-2)34(31,32)22-10-8-9-20(17-22)24(29)27-23(18(3)4)25(30)26-15-16-33-21-13-11-19(5)12-14-21/h8-14,17-18,23H,6-7,15-16H2,1-5H3,(H,26,30)(H,27,29)/t23-/m0/s1. The molecule has 0 saturated heterocycles. The van der Waals surface area contributed by atoms with Crippen LogP contribution in [-0.4, -0.2) is 56.8 Å². The highest BCUT2D eigenvalue weighted by Gasteiger charge is 2.26. The summed E-state index contributed by atoms with van der Waals surface area (Å²) >= 11 is 0. The van der Waals surface area contributed by atoms with Gasteiger partial charge in [0.05, 0.1) is 11.4 Å². The summed E-state index contributed by atoms with van der Waals surface area (Å²) in [5, 5.41) is 5.52. The molecule has 0 aliphatic rings. The zero-order chi connectivity index (χ0) is 25.3. The number of benzene rings is 2. The number of aryl methyl sites for hydroxylation is 1. The summed E-state index contributed by atoms with van der Waals surface area (Å²) in [6, 6.07) is 12.7. The van der Waals surface area contributed by atoms with Crippen molar-refractivity contribution in [3.05, 3.63) is 59.7 Å². The minimum absolute atomic E-state index is 0.0441. The second-order valence-corrected chi connectivity index (χ2v) is 10.2. The van der Waals surface area contributed by atoms with Crippen LogP contribution in [-0.2, 0) is 14.8 Å². The van der Waals surface area contributed by atoms with Crippen molar-refractivity contribution in [1.82, 2.24) is 14.9 Å².